The summed E-state index contributed by atoms with van der Waals surface area (Å²) in [5.74, 6) is 0. The summed E-state index contributed by atoms with van der Waals surface area (Å²) in [5, 5.41) is 38.6. The first-order chi connectivity index (χ1) is 10.3. The zero-order chi connectivity index (χ0) is 16.8. The van der Waals surface area contributed by atoms with E-state index < -0.39 is 24.4 Å². The molecule has 0 aromatic rings. The van der Waals surface area contributed by atoms with Crippen molar-refractivity contribution >= 4 is 0 Å². The van der Waals surface area contributed by atoms with Gasteiger partial charge >= 0.3 is 0 Å². The smallest absolute Gasteiger partial charge is 0.109 e. The molecule has 0 radical (unpaired) electrons. The summed E-state index contributed by atoms with van der Waals surface area (Å²) >= 11 is 0. The predicted molar refractivity (Wildman–Crippen MR) is 84.6 cm³/mol. The van der Waals surface area contributed by atoms with Crippen LogP contribution in [0.5, 0.6) is 0 Å². The Morgan fingerprint density at radius 3 is 2.32 bits per heavy atom. The van der Waals surface area contributed by atoms with Gasteiger partial charge in [0, 0.05) is 13.2 Å². The lowest BCUT2D eigenvalue weighted by Crippen LogP contribution is -2.62. The molecular weight excluding hydrogens is 286 g/mol. The van der Waals surface area contributed by atoms with Crippen LogP contribution in [-0.2, 0) is 4.74 Å². The highest BCUT2D eigenvalue weighted by Gasteiger charge is 2.40. The Labute approximate surface area is 133 Å². The number of β-amino-alcohol motifs (C(OH)–C–C–N with tert-alkyl or cyclic N) is 1. The Kier molecular flexibility index (Phi) is 8.24. The van der Waals surface area contributed by atoms with Gasteiger partial charge in [0.1, 0.15) is 12.2 Å². The maximum absolute atomic E-state index is 9.90. The van der Waals surface area contributed by atoms with Crippen molar-refractivity contribution in [3.8, 4) is 0 Å². The fourth-order valence-electron chi connectivity index (χ4n) is 2.71. The van der Waals surface area contributed by atoms with Gasteiger partial charge in [-0.25, -0.2) is 0 Å². The van der Waals surface area contributed by atoms with Gasteiger partial charge in [-0.1, -0.05) is 20.8 Å². The summed E-state index contributed by atoms with van der Waals surface area (Å²) < 4.78 is 5.61. The molecule has 6 nitrogen and oxygen atoms in total. The highest BCUT2D eigenvalue weighted by Crippen LogP contribution is 2.19. The Bertz CT molecular complexity index is 307. The first-order valence-corrected chi connectivity index (χ1v) is 8.23. The molecule has 0 spiro atoms. The van der Waals surface area contributed by atoms with E-state index in [1.807, 2.05) is 4.90 Å². The summed E-state index contributed by atoms with van der Waals surface area (Å²) in [6, 6.07) is -0.504. The highest BCUT2D eigenvalue weighted by atomic mass is 16.5. The molecule has 1 aliphatic heterocycles. The molecule has 0 aliphatic carbocycles. The van der Waals surface area contributed by atoms with Crippen LogP contribution in [0.25, 0.3) is 0 Å². The van der Waals surface area contributed by atoms with E-state index in [-0.39, 0.29) is 18.6 Å². The van der Waals surface area contributed by atoms with Crippen molar-refractivity contribution in [1.82, 2.24) is 4.90 Å². The average molecular weight is 319 g/mol. The topological polar surface area (TPSA) is 93.4 Å². The number of nitrogens with zero attached hydrogens (tertiary/aromatic N) is 1. The van der Waals surface area contributed by atoms with Gasteiger partial charge in [-0.15, -0.1) is 0 Å². The highest BCUT2D eigenvalue weighted by molar-refractivity contribution is 4.93. The zero-order valence-electron chi connectivity index (χ0n) is 14.1. The Hall–Kier alpha value is -0.240. The van der Waals surface area contributed by atoms with Crippen LogP contribution in [0, 0.1) is 5.41 Å². The van der Waals surface area contributed by atoms with Crippen LogP contribution >= 0.6 is 0 Å². The molecule has 0 bridgehead atoms. The molecule has 22 heavy (non-hydrogen) atoms. The minimum Gasteiger partial charge on any atom is -0.395 e. The molecule has 0 unspecified atom stereocenters. The number of likely N-dealkylation sites (tertiary alicyclic amines) is 1. The number of unbranched alkanes of at least 4 members (excludes halogenated alkanes) is 2. The van der Waals surface area contributed by atoms with Gasteiger partial charge < -0.3 is 25.2 Å². The van der Waals surface area contributed by atoms with Crippen molar-refractivity contribution in [1.29, 1.82) is 0 Å². The van der Waals surface area contributed by atoms with E-state index in [1.165, 1.54) is 0 Å². The van der Waals surface area contributed by atoms with Crippen molar-refractivity contribution in [2.24, 2.45) is 5.41 Å². The summed E-state index contributed by atoms with van der Waals surface area (Å²) in [6.45, 7) is 8.66. The molecular formula is C16H33NO5. The minimum atomic E-state index is -1.18. The van der Waals surface area contributed by atoms with E-state index in [2.05, 4.69) is 20.8 Å². The van der Waals surface area contributed by atoms with Gasteiger partial charge in [0.2, 0.25) is 0 Å². The summed E-state index contributed by atoms with van der Waals surface area (Å²) in [5.41, 5.74) is 0.190. The monoisotopic (exact) mass is 319 g/mol. The first kappa shape index (κ1) is 19.8. The first-order valence-electron chi connectivity index (χ1n) is 8.23. The van der Waals surface area contributed by atoms with E-state index in [1.54, 1.807) is 0 Å². The van der Waals surface area contributed by atoms with Crippen molar-refractivity contribution in [3.05, 3.63) is 0 Å². The quantitative estimate of drug-likeness (QED) is 0.470. The normalized spacial score (nSPS) is 30.7. The lowest BCUT2D eigenvalue weighted by molar-refractivity contribution is -0.145. The number of rotatable bonds is 8. The molecule has 6 heteroatoms. The van der Waals surface area contributed by atoms with Crippen LogP contribution in [0.1, 0.15) is 40.0 Å². The molecule has 1 aliphatic rings. The molecule has 1 rings (SSSR count). The standard InChI is InChI=1S/C16H33NO5/c1-16(2,3)11-22-8-6-4-5-7-17-9-13(19)15(21)14(20)12(17)10-18/h12-15,18-21H,4-11H2,1-3H3/t12-,13-,14+,15+/m0/s1. The van der Waals surface area contributed by atoms with E-state index in [0.717, 1.165) is 32.5 Å². The van der Waals surface area contributed by atoms with Crippen LogP contribution in [0.3, 0.4) is 0 Å². The van der Waals surface area contributed by atoms with Gasteiger partial charge in [0.25, 0.3) is 0 Å². The number of aliphatic hydroxyl groups excluding tert-OH is 4. The zero-order valence-corrected chi connectivity index (χ0v) is 14.1. The molecule has 0 amide bonds. The fraction of sp³-hybridized carbons (Fsp3) is 1.00. The van der Waals surface area contributed by atoms with E-state index in [0.29, 0.717) is 6.54 Å². The number of hydrogen-bond donors (Lipinski definition) is 4. The van der Waals surface area contributed by atoms with Gasteiger partial charge in [-0.2, -0.15) is 0 Å². The summed E-state index contributed by atoms with van der Waals surface area (Å²) in [4.78, 5) is 1.86. The second-order valence-electron chi connectivity index (χ2n) is 7.47. The van der Waals surface area contributed by atoms with E-state index >= 15 is 0 Å². The summed E-state index contributed by atoms with van der Waals surface area (Å²) in [6.07, 6.45) is -0.379. The third-order valence-electron chi connectivity index (χ3n) is 3.99. The second-order valence-corrected chi connectivity index (χ2v) is 7.47. The molecule has 4 atom stereocenters. The van der Waals surface area contributed by atoms with Crippen LogP contribution in [-0.4, -0.2) is 82.6 Å². The van der Waals surface area contributed by atoms with Crippen LogP contribution in [0.2, 0.25) is 0 Å². The second kappa shape index (κ2) is 9.15. The van der Waals surface area contributed by atoms with Crippen LogP contribution in [0.4, 0.5) is 0 Å². The fourth-order valence-corrected chi connectivity index (χ4v) is 2.71. The molecule has 4 N–H and O–H groups in total. The number of aliphatic hydroxyl groups is 4. The Balaban J connectivity index is 2.20. The van der Waals surface area contributed by atoms with E-state index in [9.17, 15) is 20.4 Å². The lowest BCUT2D eigenvalue weighted by Gasteiger charge is -2.43. The molecule has 1 fully saturated rings. The third-order valence-corrected chi connectivity index (χ3v) is 3.99. The molecule has 1 saturated heterocycles. The molecule has 1 heterocycles. The minimum absolute atomic E-state index is 0.190. The molecule has 0 aromatic carbocycles. The van der Waals surface area contributed by atoms with Gasteiger partial charge in [-0.3, -0.25) is 4.90 Å². The van der Waals surface area contributed by atoms with E-state index in [4.69, 9.17) is 4.74 Å². The largest absolute Gasteiger partial charge is 0.395 e. The van der Waals surface area contributed by atoms with Crippen molar-refractivity contribution in [2.45, 2.75) is 64.4 Å². The third kappa shape index (κ3) is 6.48. The molecule has 0 aromatic heterocycles. The maximum atomic E-state index is 9.90. The average Bonchev–Trinajstić information content (AvgIpc) is 2.43. The van der Waals surface area contributed by atoms with Crippen LogP contribution in [0.15, 0.2) is 0 Å². The molecule has 132 valence electrons. The van der Waals surface area contributed by atoms with Crippen molar-refractivity contribution in [3.63, 3.8) is 0 Å². The summed E-state index contributed by atoms with van der Waals surface area (Å²) in [7, 11) is 0. The number of piperidine rings is 1. The van der Waals surface area contributed by atoms with Gasteiger partial charge in [-0.05, 0) is 31.2 Å². The maximum Gasteiger partial charge on any atom is 0.109 e. The van der Waals surface area contributed by atoms with Crippen molar-refractivity contribution in [2.75, 3.05) is 32.9 Å². The van der Waals surface area contributed by atoms with Crippen molar-refractivity contribution < 1.29 is 25.2 Å². The number of ether oxygens (including phenoxy) is 1. The SMILES string of the molecule is CC(C)(C)COCCCCCN1C[C@H](O)[C@@H](O)[C@H](O)[C@@H]1CO. The number of hydrogen-bond acceptors (Lipinski definition) is 6. The Morgan fingerprint density at radius 2 is 1.73 bits per heavy atom. The predicted octanol–water partition coefficient (Wildman–Crippen LogP) is -0.0214. The lowest BCUT2D eigenvalue weighted by atomic mass is 9.94. The van der Waals surface area contributed by atoms with Gasteiger partial charge in [0.15, 0.2) is 0 Å². The van der Waals surface area contributed by atoms with Crippen LogP contribution < -0.4 is 0 Å². The molecule has 0 saturated carbocycles. The van der Waals surface area contributed by atoms with Gasteiger partial charge in [0.05, 0.1) is 25.4 Å². The Morgan fingerprint density at radius 1 is 1.05 bits per heavy atom.